The maximum absolute atomic E-state index is 4.69. The van der Waals surface area contributed by atoms with Gasteiger partial charge >= 0.3 is 0 Å². The molecule has 0 amide bonds. The number of rotatable bonds is 3. The molecular weight excluding hydrogens is 477 g/mol. The fourth-order valence-electron chi connectivity index (χ4n) is 2.61. The molecule has 0 aromatic heterocycles. The highest BCUT2D eigenvalue weighted by atomic mass is 127. The third kappa shape index (κ3) is 3.37. The monoisotopic (exact) mass is 489 g/mol. The van der Waals surface area contributed by atoms with Gasteiger partial charge in [0.2, 0.25) is 0 Å². The van der Waals surface area contributed by atoms with Gasteiger partial charge in [0.15, 0.2) is 5.82 Å². The summed E-state index contributed by atoms with van der Waals surface area (Å²) in [6.07, 6.45) is 4.11. The summed E-state index contributed by atoms with van der Waals surface area (Å²) >= 11 is 5.82. The van der Waals surface area contributed by atoms with Crippen molar-refractivity contribution < 1.29 is 0 Å². The summed E-state index contributed by atoms with van der Waals surface area (Å²) in [5, 5.41) is 0. The summed E-state index contributed by atoms with van der Waals surface area (Å²) in [5.74, 6) is 0.762. The summed E-state index contributed by atoms with van der Waals surface area (Å²) in [6, 6.07) is 18.7. The molecule has 0 fully saturated rings. The molecule has 4 rings (SSSR count). The minimum absolute atomic E-state index is 0.762. The van der Waals surface area contributed by atoms with Gasteiger partial charge in [-0.05, 0) is 58.5 Å². The molecule has 118 valence electrons. The number of hydrogen-bond acceptors (Lipinski definition) is 2. The van der Waals surface area contributed by atoms with E-state index in [2.05, 4.69) is 89.7 Å². The van der Waals surface area contributed by atoms with E-state index in [1.54, 1.807) is 0 Å². The van der Waals surface area contributed by atoms with E-state index >= 15 is 0 Å². The molecule has 0 bridgehead atoms. The van der Waals surface area contributed by atoms with Crippen LogP contribution in [0.4, 0.5) is 0 Å². The number of nitrogens with zero attached hydrogens (tertiary/aromatic N) is 3. The summed E-state index contributed by atoms with van der Waals surface area (Å²) in [6.45, 7) is 0.825. The molecule has 2 aliphatic heterocycles. The number of halogens is 2. The molecule has 0 N–H and O–H groups in total. The average Bonchev–Trinajstić information content (AvgIpc) is 3.00. The summed E-state index contributed by atoms with van der Waals surface area (Å²) in [7, 11) is 0. The smallest absolute Gasteiger partial charge is 0.160 e. The second-order valence-corrected chi connectivity index (χ2v) is 7.73. The van der Waals surface area contributed by atoms with Crippen molar-refractivity contribution in [1.29, 1.82) is 0 Å². The fraction of sp³-hybridized carbons (Fsp3) is 0.0526. The first-order chi connectivity index (χ1) is 11.7. The Balaban J connectivity index is 1.66. The Morgan fingerprint density at radius 3 is 2.54 bits per heavy atom. The number of benzene rings is 2. The van der Waals surface area contributed by atoms with E-state index in [1.165, 1.54) is 9.13 Å². The third-order valence-electron chi connectivity index (χ3n) is 3.79. The summed E-state index contributed by atoms with van der Waals surface area (Å²) in [4.78, 5) is 9.32. The summed E-state index contributed by atoms with van der Waals surface area (Å²) < 4.78 is 4.42. The van der Waals surface area contributed by atoms with E-state index in [4.69, 9.17) is 0 Å². The van der Waals surface area contributed by atoms with Gasteiger partial charge in [0.05, 0.1) is 5.69 Å². The highest BCUT2D eigenvalue weighted by molar-refractivity contribution is 14.1. The van der Waals surface area contributed by atoms with Crippen molar-refractivity contribution in [1.82, 2.24) is 14.5 Å². The molecular formula is C19H13BrIN3. The SMILES string of the molecule is Brc1cccc(-c2nc3ccn(Cc4ccc(I)cc4)cc-3n2)c1. The first-order valence-electron chi connectivity index (χ1n) is 7.51. The van der Waals surface area contributed by atoms with Crippen LogP contribution >= 0.6 is 38.5 Å². The standard InChI is InChI=1S/C19H13BrIN3/c20-15-3-1-2-14(10-15)19-22-17-8-9-24(12-18(17)23-19)11-13-4-6-16(21)7-5-13/h1-10,12H,11H2. The topological polar surface area (TPSA) is 30.7 Å². The Hall–Kier alpha value is -1.73. The normalized spacial score (nSPS) is 11.1. The van der Waals surface area contributed by atoms with Crippen LogP contribution in [0.3, 0.4) is 0 Å². The van der Waals surface area contributed by atoms with Crippen LogP contribution in [0.2, 0.25) is 0 Å². The van der Waals surface area contributed by atoms with E-state index in [0.717, 1.165) is 33.8 Å². The molecule has 5 heteroatoms. The quantitative estimate of drug-likeness (QED) is 0.357. The Morgan fingerprint density at radius 2 is 1.75 bits per heavy atom. The van der Waals surface area contributed by atoms with Crippen molar-refractivity contribution in [3.63, 3.8) is 0 Å². The Kier molecular flexibility index (Phi) is 4.37. The minimum atomic E-state index is 0.762. The molecule has 24 heavy (non-hydrogen) atoms. The molecule has 0 saturated heterocycles. The molecule has 0 radical (unpaired) electrons. The fourth-order valence-corrected chi connectivity index (χ4v) is 3.37. The van der Waals surface area contributed by atoms with Crippen molar-refractivity contribution in [2.24, 2.45) is 0 Å². The van der Waals surface area contributed by atoms with Crippen LogP contribution in [0, 0.1) is 3.57 Å². The van der Waals surface area contributed by atoms with Crippen molar-refractivity contribution in [2.75, 3.05) is 0 Å². The van der Waals surface area contributed by atoms with Crippen molar-refractivity contribution in [2.45, 2.75) is 6.54 Å². The van der Waals surface area contributed by atoms with Gasteiger partial charge in [-0.2, -0.15) is 0 Å². The maximum Gasteiger partial charge on any atom is 0.160 e. The number of fused-ring (bicyclic) bond motifs is 1. The Morgan fingerprint density at radius 1 is 0.958 bits per heavy atom. The van der Waals surface area contributed by atoms with Crippen molar-refractivity contribution >= 4 is 38.5 Å². The van der Waals surface area contributed by atoms with E-state index in [9.17, 15) is 0 Å². The average molecular weight is 490 g/mol. The Bertz CT molecular complexity index is 963. The zero-order chi connectivity index (χ0) is 16.5. The lowest BCUT2D eigenvalue weighted by Crippen LogP contribution is -2.00. The largest absolute Gasteiger partial charge is 0.348 e. The number of aromatic nitrogens is 3. The van der Waals surface area contributed by atoms with Crippen molar-refractivity contribution in [3.8, 4) is 22.8 Å². The van der Waals surface area contributed by atoms with Crippen LogP contribution in [0.5, 0.6) is 0 Å². The second-order valence-electron chi connectivity index (χ2n) is 5.57. The van der Waals surface area contributed by atoms with Gasteiger partial charge in [0.1, 0.15) is 5.69 Å². The van der Waals surface area contributed by atoms with Gasteiger partial charge in [-0.15, -0.1) is 0 Å². The Labute approximate surface area is 162 Å². The number of hydrogen-bond donors (Lipinski definition) is 0. The lowest BCUT2D eigenvalue weighted by molar-refractivity contribution is 0.789. The zero-order valence-electron chi connectivity index (χ0n) is 12.7. The van der Waals surface area contributed by atoms with Crippen LogP contribution in [-0.2, 0) is 6.54 Å². The highest BCUT2D eigenvalue weighted by Gasteiger charge is 2.12. The predicted octanol–water partition coefficient (Wildman–Crippen LogP) is 5.47. The van der Waals surface area contributed by atoms with Crippen LogP contribution in [-0.4, -0.2) is 14.5 Å². The van der Waals surface area contributed by atoms with E-state index in [-0.39, 0.29) is 0 Å². The highest BCUT2D eigenvalue weighted by Crippen LogP contribution is 2.26. The molecule has 2 aromatic carbocycles. The molecule has 2 aliphatic rings. The molecule has 3 nitrogen and oxygen atoms in total. The first kappa shape index (κ1) is 15.8. The number of pyridine rings is 1. The first-order valence-corrected chi connectivity index (χ1v) is 9.38. The summed E-state index contributed by atoms with van der Waals surface area (Å²) in [5.41, 5.74) is 4.12. The van der Waals surface area contributed by atoms with Gasteiger partial charge in [0.25, 0.3) is 0 Å². The molecule has 0 unspecified atom stereocenters. The minimum Gasteiger partial charge on any atom is -0.348 e. The van der Waals surface area contributed by atoms with Gasteiger partial charge in [-0.3, -0.25) is 0 Å². The van der Waals surface area contributed by atoms with Crippen LogP contribution in [0.15, 0.2) is 71.5 Å². The lowest BCUT2D eigenvalue weighted by atomic mass is 10.2. The van der Waals surface area contributed by atoms with Crippen molar-refractivity contribution in [3.05, 3.63) is 80.6 Å². The van der Waals surface area contributed by atoms with Gasteiger partial charge < -0.3 is 4.57 Å². The van der Waals surface area contributed by atoms with E-state index in [1.807, 2.05) is 30.3 Å². The van der Waals surface area contributed by atoms with Crippen LogP contribution in [0.1, 0.15) is 5.56 Å². The molecule has 0 atom stereocenters. The predicted molar refractivity (Wildman–Crippen MR) is 108 cm³/mol. The zero-order valence-corrected chi connectivity index (χ0v) is 16.4. The molecule has 0 spiro atoms. The van der Waals surface area contributed by atoms with Crippen LogP contribution in [0.25, 0.3) is 22.8 Å². The van der Waals surface area contributed by atoms with Gasteiger partial charge in [0, 0.05) is 32.5 Å². The molecule has 2 heterocycles. The maximum atomic E-state index is 4.69. The number of imidazole rings is 1. The van der Waals surface area contributed by atoms with Crippen LogP contribution < -0.4 is 0 Å². The van der Waals surface area contributed by atoms with E-state index in [0.29, 0.717) is 0 Å². The molecule has 2 aromatic rings. The van der Waals surface area contributed by atoms with Gasteiger partial charge in [-0.25, -0.2) is 9.97 Å². The molecule has 0 aliphatic carbocycles. The second kappa shape index (κ2) is 6.64. The third-order valence-corrected chi connectivity index (χ3v) is 5.00. The van der Waals surface area contributed by atoms with Gasteiger partial charge in [-0.1, -0.05) is 40.2 Å². The molecule has 0 saturated carbocycles. The van der Waals surface area contributed by atoms with E-state index < -0.39 is 0 Å². The lowest BCUT2D eigenvalue weighted by Gasteiger charge is -2.08.